The van der Waals surface area contributed by atoms with Gasteiger partial charge in [0.1, 0.15) is 5.82 Å². The molecule has 2 aromatic rings. The average Bonchev–Trinajstić information content (AvgIpc) is 3.11. The van der Waals surface area contributed by atoms with Crippen molar-refractivity contribution in [3.63, 3.8) is 0 Å². The summed E-state index contributed by atoms with van der Waals surface area (Å²) in [4.78, 5) is 30.6. The zero-order chi connectivity index (χ0) is 19.2. The number of benzene rings is 1. The molecule has 0 aliphatic carbocycles. The Morgan fingerprint density at radius 3 is 2.81 bits per heavy atom. The van der Waals surface area contributed by atoms with Crippen LogP contribution in [0.5, 0.6) is 0 Å². The Labute approximate surface area is 166 Å². The maximum absolute atomic E-state index is 13.0. The molecule has 0 unspecified atom stereocenters. The number of carbonyl (C=O) groups excluding carboxylic acids is 2. The summed E-state index contributed by atoms with van der Waals surface area (Å²) < 4.78 is 13.0. The fourth-order valence-electron chi connectivity index (χ4n) is 3.02. The van der Waals surface area contributed by atoms with Crippen molar-refractivity contribution in [3.8, 4) is 11.3 Å². The Morgan fingerprint density at radius 1 is 1.30 bits per heavy atom. The Hall–Kier alpha value is -1.93. The summed E-state index contributed by atoms with van der Waals surface area (Å²) in [5.74, 6) is 0.149. The molecule has 1 atom stereocenters. The highest BCUT2D eigenvalue weighted by Gasteiger charge is 2.23. The average molecular weight is 408 g/mol. The van der Waals surface area contributed by atoms with Gasteiger partial charge in [-0.05, 0) is 50.5 Å². The van der Waals surface area contributed by atoms with E-state index < -0.39 is 0 Å². The third-order valence-corrected chi connectivity index (χ3v) is 6.15. The molecular formula is C19H22FN3O2S2. The minimum Gasteiger partial charge on any atom is -0.339 e. The molecule has 1 aromatic heterocycles. The van der Waals surface area contributed by atoms with Crippen LogP contribution in [-0.4, -0.2) is 45.8 Å². The number of rotatable bonds is 6. The standard InChI is InChI=1S/C19H22FN3O2S2/c1-13-4-2-3-9-23(13)18(25)12-26-11-17(24)22-19-21-16(10-27-19)14-5-7-15(20)8-6-14/h5-8,10,13H,2-4,9,11-12H2,1H3,(H,21,22,24)/t13-/m0/s1. The van der Waals surface area contributed by atoms with Crippen LogP contribution in [0.15, 0.2) is 29.6 Å². The van der Waals surface area contributed by atoms with Gasteiger partial charge in [0, 0.05) is 23.5 Å². The Bertz CT molecular complexity index is 795. The van der Waals surface area contributed by atoms with E-state index in [1.54, 1.807) is 12.1 Å². The third-order valence-electron chi connectivity index (χ3n) is 4.47. The number of hydrogen-bond donors (Lipinski definition) is 1. The van der Waals surface area contributed by atoms with E-state index >= 15 is 0 Å². The van der Waals surface area contributed by atoms with Crippen molar-refractivity contribution in [2.75, 3.05) is 23.4 Å². The summed E-state index contributed by atoms with van der Waals surface area (Å²) >= 11 is 2.64. The molecule has 0 saturated carbocycles. The first-order valence-electron chi connectivity index (χ1n) is 8.91. The number of thioether (sulfide) groups is 1. The summed E-state index contributed by atoms with van der Waals surface area (Å²) in [6.07, 6.45) is 3.28. The van der Waals surface area contributed by atoms with Crippen LogP contribution in [0.1, 0.15) is 26.2 Å². The second kappa shape index (κ2) is 9.32. The number of anilines is 1. The first-order chi connectivity index (χ1) is 13.0. The predicted octanol–water partition coefficient (Wildman–Crippen LogP) is 4.02. The van der Waals surface area contributed by atoms with E-state index in [2.05, 4.69) is 17.2 Å². The van der Waals surface area contributed by atoms with Gasteiger partial charge in [0.2, 0.25) is 11.8 Å². The lowest BCUT2D eigenvalue weighted by Crippen LogP contribution is -2.43. The highest BCUT2D eigenvalue weighted by molar-refractivity contribution is 8.00. The summed E-state index contributed by atoms with van der Waals surface area (Å²) in [5, 5.41) is 5.07. The van der Waals surface area contributed by atoms with E-state index in [1.165, 1.54) is 41.7 Å². The number of nitrogens with one attached hydrogen (secondary N) is 1. The van der Waals surface area contributed by atoms with Crippen LogP contribution >= 0.6 is 23.1 Å². The maximum atomic E-state index is 13.0. The Kier molecular flexibility index (Phi) is 6.84. The van der Waals surface area contributed by atoms with E-state index in [0.717, 1.165) is 24.9 Å². The molecule has 1 fully saturated rings. The number of aromatic nitrogens is 1. The fraction of sp³-hybridized carbons (Fsp3) is 0.421. The van der Waals surface area contributed by atoms with Crippen molar-refractivity contribution in [2.24, 2.45) is 0 Å². The first kappa shape index (κ1) is 19.8. The van der Waals surface area contributed by atoms with E-state index in [-0.39, 0.29) is 23.4 Å². The second-order valence-electron chi connectivity index (χ2n) is 6.52. The molecule has 1 N–H and O–H groups in total. The maximum Gasteiger partial charge on any atom is 0.236 e. The molecule has 1 saturated heterocycles. The molecule has 1 aliphatic heterocycles. The summed E-state index contributed by atoms with van der Waals surface area (Å²) in [7, 11) is 0. The van der Waals surface area contributed by atoms with Gasteiger partial charge in [-0.3, -0.25) is 9.59 Å². The molecule has 1 aromatic carbocycles. The van der Waals surface area contributed by atoms with Crippen molar-refractivity contribution in [3.05, 3.63) is 35.5 Å². The Morgan fingerprint density at radius 2 is 2.07 bits per heavy atom. The van der Waals surface area contributed by atoms with Crippen LogP contribution < -0.4 is 5.32 Å². The minimum absolute atomic E-state index is 0.104. The molecule has 2 heterocycles. The van der Waals surface area contributed by atoms with E-state index in [0.29, 0.717) is 22.6 Å². The molecule has 1 aliphatic rings. The zero-order valence-electron chi connectivity index (χ0n) is 15.1. The summed E-state index contributed by atoms with van der Waals surface area (Å²) in [5.41, 5.74) is 1.49. The van der Waals surface area contributed by atoms with Crippen molar-refractivity contribution in [1.82, 2.24) is 9.88 Å². The fourth-order valence-corrected chi connectivity index (χ4v) is 4.46. The molecule has 27 heavy (non-hydrogen) atoms. The van der Waals surface area contributed by atoms with Gasteiger partial charge in [0.05, 0.1) is 17.2 Å². The number of thiazole rings is 1. The number of halogens is 1. The van der Waals surface area contributed by atoms with Crippen LogP contribution in [0.2, 0.25) is 0 Å². The predicted molar refractivity (Wildman–Crippen MR) is 108 cm³/mol. The lowest BCUT2D eigenvalue weighted by Gasteiger charge is -2.33. The number of hydrogen-bond acceptors (Lipinski definition) is 5. The molecule has 0 spiro atoms. The monoisotopic (exact) mass is 407 g/mol. The highest BCUT2D eigenvalue weighted by atomic mass is 32.2. The first-order valence-corrected chi connectivity index (χ1v) is 10.9. The van der Waals surface area contributed by atoms with Crippen LogP contribution in [0.4, 0.5) is 9.52 Å². The largest absolute Gasteiger partial charge is 0.339 e. The molecular weight excluding hydrogens is 385 g/mol. The zero-order valence-corrected chi connectivity index (χ0v) is 16.7. The molecule has 5 nitrogen and oxygen atoms in total. The highest BCUT2D eigenvalue weighted by Crippen LogP contribution is 2.25. The van der Waals surface area contributed by atoms with E-state index in [9.17, 15) is 14.0 Å². The van der Waals surface area contributed by atoms with Crippen molar-refractivity contribution in [2.45, 2.75) is 32.2 Å². The van der Waals surface area contributed by atoms with Gasteiger partial charge >= 0.3 is 0 Å². The van der Waals surface area contributed by atoms with Gasteiger partial charge in [-0.2, -0.15) is 0 Å². The smallest absolute Gasteiger partial charge is 0.236 e. The van der Waals surface area contributed by atoms with Crippen molar-refractivity contribution in [1.29, 1.82) is 0 Å². The lowest BCUT2D eigenvalue weighted by molar-refractivity contribution is -0.131. The number of carbonyl (C=O) groups is 2. The van der Waals surface area contributed by atoms with Crippen LogP contribution in [0.25, 0.3) is 11.3 Å². The van der Waals surface area contributed by atoms with Gasteiger partial charge in [0.15, 0.2) is 5.13 Å². The molecule has 3 rings (SSSR count). The second-order valence-corrected chi connectivity index (χ2v) is 8.36. The van der Waals surface area contributed by atoms with Gasteiger partial charge in [0.25, 0.3) is 0 Å². The SMILES string of the molecule is C[C@H]1CCCCN1C(=O)CSCC(=O)Nc1nc(-c2ccc(F)cc2)cs1. The quantitative estimate of drug-likeness (QED) is 0.786. The number of likely N-dealkylation sites (tertiary alicyclic amines) is 1. The van der Waals surface area contributed by atoms with Crippen molar-refractivity contribution < 1.29 is 14.0 Å². The van der Waals surface area contributed by atoms with Gasteiger partial charge < -0.3 is 10.2 Å². The van der Waals surface area contributed by atoms with Gasteiger partial charge in [-0.15, -0.1) is 23.1 Å². The molecule has 0 radical (unpaired) electrons. The molecule has 8 heteroatoms. The molecule has 0 bridgehead atoms. The summed E-state index contributed by atoms with van der Waals surface area (Å²) in [6, 6.07) is 6.35. The van der Waals surface area contributed by atoms with E-state index in [1.807, 2.05) is 10.3 Å². The molecule has 144 valence electrons. The number of amides is 2. The van der Waals surface area contributed by atoms with Crippen LogP contribution in [0, 0.1) is 5.82 Å². The minimum atomic E-state index is -0.298. The normalized spacial score (nSPS) is 17.0. The number of piperidine rings is 1. The van der Waals surface area contributed by atoms with Gasteiger partial charge in [-0.25, -0.2) is 9.37 Å². The van der Waals surface area contributed by atoms with Crippen molar-refractivity contribution >= 4 is 40.0 Å². The molecule has 2 amide bonds. The summed E-state index contributed by atoms with van der Waals surface area (Å²) in [6.45, 7) is 2.90. The van der Waals surface area contributed by atoms with E-state index in [4.69, 9.17) is 0 Å². The van der Waals surface area contributed by atoms with Gasteiger partial charge in [-0.1, -0.05) is 0 Å². The van der Waals surface area contributed by atoms with Crippen LogP contribution in [-0.2, 0) is 9.59 Å². The third kappa shape index (κ3) is 5.52. The topological polar surface area (TPSA) is 62.3 Å². The number of nitrogens with zero attached hydrogens (tertiary/aromatic N) is 2. The Balaban J connectivity index is 1.44. The lowest BCUT2D eigenvalue weighted by atomic mass is 10.0. The van der Waals surface area contributed by atoms with Crippen LogP contribution in [0.3, 0.4) is 0 Å².